The lowest BCUT2D eigenvalue weighted by Crippen LogP contribution is -1.85. The van der Waals surface area contributed by atoms with Crippen LogP contribution in [0.1, 0.15) is 17.5 Å². The van der Waals surface area contributed by atoms with Crippen LogP contribution < -0.4 is 0 Å². The minimum absolute atomic E-state index is 0.0774. The second-order valence-corrected chi connectivity index (χ2v) is 3.36. The molecule has 0 bridgehead atoms. The average Bonchev–Trinajstić information content (AvgIpc) is 2.13. The van der Waals surface area contributed by atoms with Gasteiger partial charge in [-0.15, -0.1) is 0 Å². The molecular weight excluding hydrogens is 264 g/mol. The maximum Gasteiger partial charge on any atom is 0.195 e. The monoisotopic (exact) mass is 266 g/mol. The summed E-state index contributed by atoms with van der Waals surface area (Å²) in [4.78, 5) is 10.7. The van der Waals surface area contributed by atoms with Crippen molar-refractivity contribution >= 4 is 37.6 Å². The molecule has 1 aromatic heterocycles. The van der Waals surface area contributed by atoms with Gasteiger partial charge in [-0.1, -0.05) is 0 Å². The summed E-state index contributed by atoms with van der Waals surface area (Å²) in [6, 6.07) is 1.63. The molecule has 0 aromatic carbocycles. The van der Waals surface area contributed by atoms with Crippen LogP contribution in [0.4, 0.5) is 0 Å². The molecule has 0 saturated carbocycles. The first-order valence-electron chi connectivity index (χ1n) is 2.57. The Hall–Kier alpha value is -0.0900. The first-order chi connectivity index (χ1) is 4.61. The lowest BCUT2D eigenvalue weighted by atomic mass is 10.3. The van der Waals surface area contributed by atoms with Crippen LogP contribution >= 0.6 is 31.9 Å². The van der Waals surface area contributed by atoms with Gasteiger partial charge in [0.2, 0.25) is 0 Å². The Labute approximate surface area is 74.9 Å². The van der Waals surface area contributed by atoms with E-state index in [1.807, 2.05) is 0 Å². The fraction of sp³-hybridized carbons (Fsp3) is 0.167. The fourth-order valence-electron chi connectivity index (χ4n) is 0.520. The highest BCUT2D eigenvalue weighted by atomic mass is 79.9. The van der Waals surface area contributed by atoms with Gasteiger partial charge in [0.15, 0.2) is 16.2 Å². The van der Waals surface area contributed by atoms with Gasteiger partial charge in [0.1, 0.15) is 0 Å². The van der Waals surface area contributed by atoms with Crippen molar-refractivity contribution in [1.29, 1.82) is 0 Å². The van der Waals surface area contributed by atoms with Crippen LogP contribution in [-0.2, 0) is 0 Å². The minimum Gasteiger partial charge on any atom is -0.445 e. The normalized spacial score (nSPS) is 9.90. The summed E-state index contributed by atoms with van der Waals surface area (Å²) >= 11 is 6.31. The zero-order chi connectivity index (χ0) is 7.72. The van der Waals surface area contributed by atoms with Crippen molar-refractivity contribution in [3.8, 4) is 0 Å². The van der Waals surface area contributed by atoms with Gasteiger partial charge >= 0.3 is 0 Å². The standard InChI is InChI=1S/C6H4Br2O2/c1-3(9)5-2-4(7)6(8)10-5/h2H,1H3. The lowest BCUT2D eigenvalue weighted by Gasteiger charge is -1.82. The Kier molecular flexibility index (Phi) is 2.31. The van der Waals surface area contributed by atoms with Crippen LogP contribution in [0.3, 0.4) is 0 Å². The van der Waals surface area contributed by atoms with E-state index in [1.54, 1.807) is 6.07 Å². The van der Waals surface area contributed by atoms with Gasteiger partial charge in [-0.2, -0.15) is 0 Å². The first kappa shape index (κ1) is 8.01. The molecule has 0 amide bonds. The Morgan fingerprint density at radius 2 is 2.20 bits per heavy atom. The molecule has 0 N–H and O–H groups in total. The molecule has 0 fully saturated rings. The van der Waals surface area contributed by atoms with E-state index >= 15 is 0 Å². The van der Waals surface area contributed by atoms with E-state index in [9.17, 15) is 4.79 Å². The molecule has 0 spiro atoms. The van der Waals surface area contributed by atoms with Gasteiger partial charge in [-0.3, -0.25) is 4.79 Å². The molecule has 0 aliphatic carbocycles. The molecule has 0 saturated heterocycles. The third kappa shape index (κ3) is 1.49. The van der Waals surface area contributed by atoms with Crippen LogP contribution in [0.25, 0.3) is 0 Å². The molecule has 0 atom stereocenters. The van der Waals surface area contributed by atoms with Gasteiger partial charge in [0, 0.05) is 13.0 Å². The van der Waals surface area contributed by atoms with Crippen molar-refractivity contribution in [3.63, 3.8) is 0 Å². The zero-order valence-electron chi connectivity index (χ0n) is 5.15. The number of furan rings is 1. The van der Waals surface area contributed by atoms with Crippen molar-refractivity contribution in [2.75, 3.05) is 0 Å². The SMILES string of the molecule is CC(=O)c1cc(Br)c(Br)o1. The second-order valence-electron chi connectivity index (χ2n) is 1.79. The lowest BCUT2D eigenvalue weighted by molar-refractivity contribution is 0.0986. The van der Waals surface area contributed by atoms with Crippen molar-refractivity contribution < 1.29 is 9.21 Å². The van der Waals surface area contributed by atoms with E-state index < -0.39 is 0 Å². The Balaban J connectivity index is 3.10. The zero-order valence-corrected chi connectivity index (χ0v) is 8.32. The molecule has 0 aliphatic heterocycles. The van der Waals surface area contributed by atoms with E-state index in [0.717, 1.165) is 4.47 Å². The summed E-state index contributed by atoms with van der Waals surface area (Å²) in [5.41, 5.74) is 0. The highest BCUT2D eigenvalue weighted by molar-refractivity contribution is 9.13. The molecule has 0 radical (unpaired) electrons. The topological polar surface area (TPSA) is 30.2 Å². The third-order valence-corrected chi connectivity index (χ3v) is 2.70. The molecule has 0 unspecified atom stereocenters. The highest BCUT2D eigenvalue weighted by Gasteiger charge is 2.08. The minimum atomic E-state index is -0.0774. The van der Waals surface area contributed by atoms with Crippen LogP contribution in [0, 0.1) is 0 Å². The number of hydrogen-bond acceptors (Lipinski definition) is 2. The molecule has 54 valence electrons. The molecule has 1 heterocycles. The van der Waals surface area contributed by atoms with Gasteiger partial charge in [-0.25, -0.2) is 0 Å². The number of carbonyl (C=O) groups is 1. The van der Waals surface area contributed by atoms with Crippen LogP contribution in [-0.4, -0.2) is 5.78 Å². The number of halogens is 2. The second kappa shape index (κ2) is 2.88. The number of Topliss-reactive ketones (excluding diaryl/α,β-unsaturated/α-hetero) is 1. The van der Waals surface area contributed by atoms with E-state index in [0.29, 0.717) is 10.4 Å². The van der Waals surface area contributed by atoms with Crippen LogP contribution in [0.5, 0.6) is 0 Å². The summed E-state index contributed by atoms with van der Waals surface area (Å²) in [6.07, 6.45) is 0. The summed E-state index contributed by atoms with van der Waals surface area (Å²) in [7, 11) is 0. The van der Waals surface area contributed by atoms with E-state index in [-0.39, 0.29) is 5.78 Å². The quantitative estimate of drug-likeness (QED) is 0.733. The Morgan fingerprint density at radius 1 is 1.60 bits per heavy atom. The van der Waals surface area contributed by atoms with E-state index in [2.05, 4.69) is 31.9 Å². The Morgan fingerprint density at radius 3 is 2.40 bits per heavy atom. The predicted molar refractivity (Wildman–Crippen MR) is 44.1 cm³/mol. The maximum atomic E-state index is 10.7. The predicted octanol–water partition coefficient (Wildman–Crippen LogP) is 3.01. The summed E-state index contributed by atoms with van der Waals surface area (Å²) < 4.78 is 6.31. The highest BCUT2D eigenvalue weighted by Crippen LogP contribution is 2.26. The maximum absolute atomic E-state index is 10.7. The van der Waals surface area contributed by atoms with Crippen LogP contribution in [0.2, 0.25) is 0 Å². The largest absolute Gasteiger partial charge is 0.445 e. The van der Waals surface area contributed by atoms with Gasteiger partial charge < -0.3 is 4.42 Å². The van der Waals surface area contributed by atoms with E-state index in [1.165, 1.54) is 6.92 Å². The molecule has 4 heteroatoms. The molecule has 1 rings (SSSR count). The van der Waals surface area contributed by atoms with Gasteiger partial charge in [0.05, 0.1) is 4.47 Å². The van der Waals surface area contributed by atoms with Crippen LogP contribution in [0.15, 0.2) is 19.6 Å². The average molecular weight is 268 g/mol. The van der Waals surface area contributed by atoms with Crippen molar-refractivity contribution in [2.24, 2.45) is 0 Å². The number of rotatable bonds is 1. The third-order valence-electron chi connectivity index (χ3n) is 0.992. The Bertz CT molecular complexity index is 245. The molecule has 10 heavy (non-hydrogen) atoms. The molecular formula is C6H4Br2O2. The summed E-state index contributed by atoms with van der Waals surface area (Å²) in [6.45, 7) is 1.46. The first-order valence-corrected chi connectivity index (χ1v) is 4.15. The van der Waals surface area contributed by atoms with Crippen molar-refractivity contribution in [2.45, 2.75) is 6.92 Å². The van der Waals surface area contributed by atoms with E-state index in [4.69, 9.17) is 4.42 Å². The number of hydrogen-bond donors (Lipinski definition) is 0. The number of carbonyl (C=O) groups excluding carboxylic acids is 1. The summed E-state index contributed by atoms with van der Waals surface area (Å²) in [5.74, 6) is 0.283. The van der Waals surface area contributed by atoms with Crippen molar-refractivity contribution in [3.05, 3.63) is 21.0 Å². The van der Waals surface area contributed by atoms with Crippen molar-refractivity contribution in [1.82, 2.24) is 0 Å². The fourth-order valence-corrected chi connectivity index (χ4v) is 1.10. The summed E-state index contributed by atoms with van der Waals surface area (Å²) in [5, 5.41) is 0. The van der Waals surface area contributed by atoms with Gasteiger partial charge in [0.25, 0.3) is 0 Å². The molecule has 0 aliphatic rings. The van der Waals surface area contributed by atoms with Gasteiger partial charge in [-0.05, 0) is 31.9 Å². The molecule has 2 nitrogen and oxygen atoms in total. The number of ketones is 1. The molecule has 1 aromatic rings. The smallest absolute Gasteiger partial charge is 0.195 e.